The molecule has 0 saturated heterocycles. The second-order valence-electron chi connectivity index (χ2n) is 6.62. The van der Waals surface area contributed by atoms with Crippen molar-refractivity contribution in [3.63, 3.8) is 0 Å². The number of imide groups is 1. The summed E-state index contributed by atoms with van der Waals surface area (Å²) in [4.78, 5) is 62.4. The quantitative estimate of drug-likeness (QED) is 0.421. The van der Waals surface area contributed by atoms with E-state index in [2.05, 4.69) is 5.32 Å². The first kappa shape index (κ1) is 21.0. The standard InChI is InChI=1S/C21H20N2O7/c1-4-29-21(28)17-16(11(2)24)12(3)30-18(17)22-15(25)9-10-23-19(26)13-7-5-6-8-14(13)20(23)27/h5-8H,4,9-10H2,1-3H3,(H,22,25). The molecule has 0 spiro atoms. The predicted molar refractivity (Wildman–Crippen MR) is 104 cm³/mol. The number of ether oxygens (including phenoxy) is 1. The van der Waals surface area contributed by atoms with Crippen LogP contribution in [-0.2, 0) is 9.53 Å². The van der Waals surface area contributed by atoms with Gasteiger partial charge in [-0.15, -0.1) is 0 Å². The first-order valence-electron chi connectivity index (χ1n) is 9.32. The van der Waals surface area contributed by atoms with Gasteiger partial charge in [-0.25, -0.2) is 4.79 Å². The van der Waals surface area contributed by atoms with Crippen LogP contribution in [0.5, 0.6) is 0 Å². The van der Waals surface area contributed by atoms with Gasteiger partial charge >= 0.3 is 5.97 Å². The molecule has 2 aromatic rings. The van der Waals surface area contributed by atoms with E-state index in [-0.39, 0.29) is 42.3 Å². The zero-order chi connectivity index (χ0) is 22.0. The Morgan fingerprint density at radius 3 is 2.20 bits per heavy atom. The number of nitrogens with one attached hydrogen (secondary N) is 1. The topological polar surface area (TPSA) is 123 Å². The number of esters is 1. The summed E-state index contributed by atoms with van der Waals surface area (Å²) < 4.78 is 10.4. The molecule has 0 saturated carbocycles. The Hall–Kier alpha value is -3.75. The van der Waals surface area contributed by atoms with Crippen LogP contribution in [0.2, 0.25) is 0 Å². The van der Waals surface area contributed by atoms with Gasteiger partial charge in [-0.05, 0) is 32.9 Å². The molecule has 3 rings (SSSR count). The molecule has 9 nitrogen and oxygen atoms in total. The highest BCUT2D eigenvalue weighted by Gasteiger charge is 2.35. The Kier molecular flexibility index (Phi) is 5.81. The van der Waals surface area contributed by atoms with Gasteiger partial charge in [-0.1, -0.05) is 12.1 Å². The summed E-state index contributed by atoms with van der Waals surface area (Å²) in [7, 11) is 0. The van der Waals surface area contributed by atoms with E-state index in [9.17, 15) is 24.0 Å². The van der Waals surface area contributed by atoms with Gasteiger partial charge in [0.25, 0.3) is 11.8 Å². The first-order chi connectivity index (χ1) is 14.3. The lowest BCUT2D eigenvalue weighted by molar-refractivity contribution is -0.116. The number of ketones is 1. The Bertz CT molecular complexity index is 1030. The molecular formula is C21H20N2O7. The third-order valence-electron chi connectivity index (χ3n) is 4.61. The van der Waals surface area contributed by atoms with Crippen LogP contribution in [0.15, 0.2) is 28.7 Å². The van der Waals surface area contributed by atoms with E-state index in [0.717, 1.165) is 4.90 Å². The van der Waals surface area contributed by atoms with Gasteiger partial charge in [0.2, 0.25) is 11.8 Å². The third kappa shape index (κ3) is 3.73. The third-order valence-corrected chi connectivity index (χ3v) is 4.61. The Morgan fingerprint density at radius 2 is 1.67 bits per heavy atom. The van der Waals surface area contributed by atoms with Gasteiger partial charge in [-0.3, -0.25) is 29.4 Å². The number of anilines is 1. The number of aryl methyl sites for hydroxylation is 1. The molecule has 1 N–H and O–H groups in total. The van der Waals surface area contributed by atoms with E-state index in [0.29, 0.717) is 11.1 Å². The summed E-state index contributed by atoms with van der Waals surface area (Å²) in [6.45, 7) is 4.31. The number of hydrogen-bond donors (Lipinski definition) is 1. The minimum absolute atomic E-state index is 0.0316. The van der Waals surface area contributed by atoms with Crippen molar-refractivity contribution < 1.29 is 33.1 Å². The van der Waals surface area contributed by atoms with Gasteiger partial charge < -0.3 is 9.15 Å². The summed E-state index contributed by atoms with van der Waals surface area (Å²) in [6, 6.07) is 6.41. The van der Waals surface area contributed by atoms with Crippen LogP contribution in [0.25, 0.3) is 0 Å². The lowest BCUT2D eigenvalue weighted by Crippen LogP contribution is -2.33. The molecule has 0 atom stereocenters. The minimum atomic E-state index is -0.796. The number of amides is 3. The fourth-order valence-corrected chi connectivity index (χ4v) is 3.30. The maximum atomic E-state index is 12.4. The predicted octanol–water partition coefficient (Wildman–Crippen LogP) is 2.59. The molecule has 1 aromatic heterocycles. The number of carbonyl (C=O) groups excluding carboxylic acids is 5. The van der Waals surface area contributed by atoms with Crippen molar-refractivity contribution in [2.75, 3.05) is 18.5 Å². The second-order valence-corrected chi connectivity index (χ2v) is 6.62. The highest BCUT2D eigenvalue weighted by atomic mass is 16.5. The van der Waals surface area contributed by atoms with E-state index in [4.69, 9.17) is 9.15 Å². The van der Waals surface area contributed by atoms with Crippen molar-refractivity contribution in [3.8, 4) is 0 Å². The zero-order valence-corrected chi connectivity index (χ0v) is 16.7. The van der Waals surface area contributed by atoms with Crippen molar-refractivity contribution >= 4 is 35.4 Å². The van der Waals surface area contributed by atoms with Gasteiger partial charge in [-0.2, -0.15) is 0 Å². The lowest BCUT2D eigenvalue weighted by Gasteiger charge is -2.13. The van der Waals surface area contributed by atoms with Gasteiger partial charge in [0.1, 0.15) is 11.3 Å². The van der Waals surface area contributed by atoms with E-state index in [1.165, 1.54) is 13.8 Å². The van der Waals surface area contributed by atoms with Crippen LogP contribution < -0.4 is 5.32 Å². The number of furan rings is 1. The first-order valence-corrected chi connectivity index (χ1v) is 9.32. The molecule has 2 heterocycles. The fraction of sp³-hybridized carbons (Fsp3) is 0.286. The normalized spacial score (nSPS) is 12.7. The molecule has 156 valence electrons. The summed E-state index contributed by atoms with van der Waals surface area (Å²) in [5, 5.41) is 2.43. The Labute approximate surface area is 172 Å². The van der Waals surface area contributed by atoms with Crippen LogP contribution in [0.1, 0.15) is 67.5 Å². The number of benzene rings is 1. The summed E-state index contributed by atoms with van der Waals surface area (Å²) in [5.41, 5.74) is 0.459. The lowest BCUT2D eigenvalue weighted by atomic mass is 10.1. The Balaban J connectivity index is 1.74. The number of fused-ring (bicyclic) bond motifs is 1. The van der Waals surface area contributed by atoms with E-state index < -0.39 is 29.5 Å². The van der Waals surface area contributed by atoms with Crippen LogP contribution >= 0.6 is 0 Å². The molecule has 0 unspecified atom stereocenters. The number of rotatable bonds is 7. The van der Waals surface area contributed by atoms with Crippen LogP contribution in [0.3, 0.4) is 0 Å². The molecule has 1 aliphatic rings. The molecule has 0 radical (unpaired) electrons. The van der Waals surface area contributed by atoms with E-state index in [1.807, 2.05) is 0 Å². The maximum Gasteiger partial charge on any atom is 0.344 e. The summed E-state index contributed by atoms with van der Waals surface area (Å²) >= 11 is 0. The Morgan fingerprint density at radius 1 is 1.07 bits per heavy atom. The van der Waals surface area contributed by atoms with Crippen molar-refractivity contribution in [2.24, 2.45) is 0 Å². The molecule has 1 aromatic carbocycles. The maximum absolute atomic E-state index is 12.4. The second kappa shape index (κ2) is 8.32. The average molecular weight is 412 g/mol. The number of Topliss-reactive ketones (excluding diaryl/α,β-unsaturated/α-hetero) is 1. The van der Waals surface area contributed by atoms with Gasteiger partial charge in [0.05, 0.1) is 23.3 Å². The minimum Gasteiger partial charge on any atom is -0.462 e. The van der Waals surface area contributed by atoms with Crippen molar-refractivity contribution in [1.82, 2.24) is 4.90 Å². The van der Waals surface area contributed by atoms with Crippen LogP contribution in [0, 0.1) is 6.92 Å². The number of carbonyl (C=O) groups is 5. The molecular weight excluding hydrogens is 392 g/mol. The molecule has 9 heteroatoms. The molecule has 0 bridgehead atoms. The highest BCUT2D eigenvalue weighted by molar-refractivity contribution is 6.21. The molecule has 0 aliphatic carbocycles. The van der Waals surface area contributed by atoms with Crippen LogP contribution in [-0.4, -0.2) is 47.5 Å². The van der Waals surface area contributed by atoms with E-state index in [1.54, 1.807) is 31.2 Å². The van der Waals surface area contributed by atoms with Crippen LogP contribution in [0.4, 0.5) is 5.88 Å². The number of nitrogens with zero attached hydrogens (tertiary/aromatic N) is 1. The SMILES string of the molecule is CCOC(=O)c1c(NC(=O)CCN2C(=O)c3ccccc3C2=O)oc(C)c1C(C)=O. The number of hydrogen-bond acceptors (Lipinski definition) is 7. The largest absolute Gasteiger partial charge is 0.462 e. The molecule has 1 aliphatic heterocycles. The van der Waals surface area contributed by atoms with E-state index >= 15 is 0 Å². The average Bonchev–Trinajstić information content (AvgIpc) is 3.15. The fourth-order valence-electron chi connectivity index (χ4n) is 3.30. The van der Waals surface area contributed by atoms with Crippen molar-refractivity contribution in [3.05, 3.63) is 52.3 Å². The highest BCUT2D eigenvalue weighted by Crippen LogP contribution is 2.29. The summed E-state index contributed by atoms with van der Waals surface area (Å²) in [5.74, 6) is -2.78. The van der Waals surface area contributed by atoms with Crippen molar-refractivity contribution in [1.29, 1.82) is 0 Å². The monoisotopic (exact) mass is 412 g/mol. The molecule has 0 fully saturated rings. The molecule has 30 heavy (non-hydrogen) atoms. The summed E-state index contributed by atoms with van der Waals surface area (Å²) in [6.07, 6.45) is -0.219. The smallest absolute Gasteiger partial charge is 0.344 e. The zero-order valence-electron chi connectivity index (χ0n) is 16.7. The van der Waals surface area contributed by atoms with Crippen molar-refractivity contribution in [2.45, 2.75) is 27.2 Å². The molecule has 3 amide bonds. The van der Waals surface area contributed by atoms with Gasteiger partial charge in [0, 0.05) is 13.0 Å². The van der Waals surface area contributed by atoms with Gasteiger partial charge in [0.15, 0.2) is 5.78 Å².